The van der Waals surface area contributed by atoms with Gasteiger partial charge in [0.15, 0.2) is 0 Å². The van der Waals surface area contributed by atoms with Gasteiger partial charge in [0.25, 0.3) is 0 Å². The first kappa shape index (κ1) is 17.8. The number of piperidine rings is 1. The van der Waals surface area contributed by atoms with E-state index in [1.807, 2.05) is 67.7 Å². The molecule has 0 atom stereocenters. The van der Waals surface area contributed by atoms with E-state index >= 15 is 0 Å². The number of hydrogen-bond acceptors (Lipinski definition) is 2. The van der Waals surface area contributed by atoms with E-state index in [1.165, 1.54) is 0 Å². The third-order valence-corrected chi connectivity index (χ3v) is 3.97. The predicted octanol–water partition coefficient (Wildman–Crippen LogP) is 3.50. The molecular weight excluding hydrogens is 298 g/mol. The molecule has 1 heterocycles. The number of likely N-dealkylation sites (tertiary alicyclic amines) is 1. The third-order valence-electron chi connectivity index (χ3n) is 3.97. The maximum absolute atomic E-state index is 10.4. The molecule has 3 heteroatoms. The van der Waals surface area contributed by atoms with Gasteiger partial charge in [-0.1, -0.05) is 48.2 Å². The number of carbonyl (C=O) groups is 1. The predicted molar refractivity (Wildman–Crippen MR) is 96.7 cm³/mol. The van der Waals surface area contributed by atoms with Gasteiger partial charge in [0, 0.05) is 11.1 Å². The lowest BCUT2D eigenvalue weighted by Gasteiger charge is -2.25. The zero-order valence-corrected chi connectivity index (χ0v) is 14.0. The van der Waals surface area contributed by atoms with Gasteiger partial charge in [-0.3, -0.25) is 4.79 Å². The van der Waals surface area contributed by atoms with Crippen LogP contribution in [0, 0.1) is 17.8 Å². The van der Waals surface area contributed by atoms with Crippen molar-refractivity contribution in [3.63, 3.8) is 0 Å². The molecule has 0 aliphatic carbocycles. The third kappa shape index (κ3) is 6.28. The topological polar surface area (TPSA) is 40.5 Å². The van der Waals surface area contributed by atoms with Crippen molar-refractivity contribution in [2.45, 2.75) is 12.8 Å². The van der Waals surface area contributed by atoms with E-state index in [0.717, 1.165) is 37.1 Å². The van der Waals surface area contributed by atoms with E-state index in [0.29, 0.717) is 0 Å². The minimum Gasteiger partial charge on any atom is -0.481 e. The molecule has 0 aromatic heterocycles. The van der Waals surface area contributed by atoms with E-state index in [4.69, 9.17) is 5.11 Å². The lowest BCUT2D eigenvalue weighted by atomic mass is 9.98. The molecule has 1 saturated heterocycles. The van der Waals surface area contributed by atoms with Crippen LogP contribution >= 0.6 is 0 Å². The number of benzene rings is 2. The molecule has 1 aliphatic heterocycles. The number of carboxylic acid groups (broad SMARTS) is 1. The summed E-state index contributed by atoms with van der Waals surface area (Å²) in [7, 11) is 2.03. The minimum absolute atomic E-state index is 0.0869. The lowest BCUT2D eigenvalue weighted by molar-refractivity contribution is -0.143. The van der Waals surface area contributed by atoms with Gasteiger partial charge in [-0.2, -0.15) is 0 Å². The van der Waals surface area contributed by atoms with Crippen molar-refractivity contribution in [3.8, 4) is 11.8 Å². The van der Waals surface area contributed by atoms with Gasteiger partial charge in [-0.05, 0) is 57.2 Å². The van der Waals surface area contributed by atoms with Crippen molar-refractivity contribution < 1.29 is 9.90 Å². The van der Waals surface area contributed by atoms with Gasteiger partial charge in [-0.15, -0.1) is 0 Å². The molecule has 0 radical (unpaired) electrons. The molecule has 2 aromatic carbocycles. The van der Waals surface area contributed by atoms with Crippen molar-refractivity contribution in [2.24, 2.45) is 5.92 Å². The Labute approximate surface area is 143 Å². The molecular formula is C21H23NO2. The molecule has 1 fully saturated rings. The van der Waals surface area contributed by atoms with Crippen LogP contribution in [0.3, 0.4) is 0 Å². The van der Waals surface area contributed by atoms with Crippen molar-refractivity contribution in [1.82, 2.24) is 4.90 Å². The summed E-state index contributed by atoms with van der Waals surface area (Å²) in [5.41, 5.74) is 2.10. The SMILES string of the molecule is C(#Cc1ccccc1)c1ccccc1.CN1CCC(C(=O)O)CC1. The first-order valence-electron chi connectivity index (χ1n) is 8.18. The molecule has 0 saturated carbocycles. The minimum atomic E-state index is -0.631. The molecule has 1 aliphatic rings. The van der Waals surface area contributed by atoms with Crippen LogP contribution in [0.1, 0.15) is 24.0 Å². The number of aliphatic carboxylic acids is 1. The molecule has 0 spiro atoms. The fourth-order valence-electron chi connectivity index (χ4n) is 2.44. The normalized spacial score (nSPS) is 14.7. The van der Waals surface area contributed by atoms with Gasteiger partial charge in [0.2, 0.25) is 0 Å². The molecule has 2 aromatic rings. The van der Waals surface area contributed by atoms with Crippen LogP contribution in [0.2, 0.25) is 0 Å². The van der Waals surface area contributed by atoms with Gasteiger partial charge < -0.3 is 10.0 Å². The molecule has 124 valence electrons. The number of rotatable bonds is 1. The summed E-state index contributed by atoms with van der Waals surface area (Å²) in [5, 5.41) is 8.61. The monoisotopic (exact) mass is 321 g/mol. The Hall–Kier alpha value is -2.57. The highest BCUT2D eigenvalue weighted by molar-refractivity contribution is 5.70. The van der Waals surface area contributed by atoms with E-state index in [1.54, 1.807) is 0 Å². The molecule has 3 rings (SSSR count). The van der Waals surface area contributed by atoms with Crippen molar-refractivity contribution in [1.29, 1.82) is 0 Å². The van der Waals surface area contributed by atoms with Crippen molar-refractivity contribution in [3.05, 3.63) is 71.8 Å². The summed E-state index contributed by atoms with van der Waals surface area (Å²) in [6, 6.07) is 20.0. The van der Waals surface area contributed by atoms with Crippen LogP contribution in [0.25, 0.3) is 0 Å². The number of hydrogen-bond donors (Lipinski definition) is 1. The molecule has 0 amide bonds. The fraction of sp³-hybridized carbons (Fsp3) is 0.286. The summed E-state index contributed by atoms with van der Waals surface area (Å²) >= 11 is 0. The van der Waals surface area contributed by atoms with E-state index < -0.39 is 5.97 Å². The zero-order chi connectivity index (χ0) is 17.2. The molecule has 0 bridgehead atoms. The first-order valence-corrected chi connectivity index (χ1v) is 8.18. The second-order valence-corrected chi connectivity index (χ2v) is 5.90. The Morgan fingerprint density at radius 2 is 1.33 bits per heavy atom. The zero-order valence-electron chi connectivity index (χ0n) is 14.0. The number of carboxylic acids is 1. The van der Waals surface area contributed by atoms with E-state index in [2.05, 4.69) is 16.7 Å². The fourth-order valence-corrected chi connectivity index (χ4v) is 2.44. The summed E-state index contributed by atoms with van der Waals surface area (Å²) < 4.78 is 0. The Balaban J connectivity index is 0.000000185. The maximum Gasteiger partial charge on any atom is 0.306 e. The summed E-state index contributed by atoms with van der Waals surface area (Å²) in [6.07, 6.45) is 1.62. The smallest absolute Gasteiger partial charge is 0.306 e. The Morgan fingerprint density at radius 3 is 1.71 bits per heavy atom. The lowest BCUT2D eigenvalue weighted by Crippen LogP contribution is -2.33. The Bertz CT molecular complexity index is 635. The highest BCUT2D eigenvalue weighted by Gasteiger charge is 2.21. The number of nitrogens with zero attached hydrogens (tertiary/aromatic N) is 1. The van der Waals surface area contributed by atoms with E-state index in [9.17, 15) is 4.79 Å². The second-order valence-electron chi connectivity index (χ2n) is 5.90. The highest BCUT2D eigenvalue weighted by atomic mass is 16.4. The molecule has 3 nitrogen and oxygen atoms in total. The van der Waals surface area contributed by atoms with Crippen LogP contribution in [0.15, 0.2) is 60.7 Å². The van der Waals surface area contributed by atoms with Crippen LogP contribution in [0.5, 0.6) is 0 Å². The Morgan fingerprint density at radius 1 is 0.917 bits per heavy atom. The molecule has 24 heavy (non-hydrogen) atoms. The van der Waals surface area contributed by atoms with Gasteiger partial charge >= 0.3 is 5.97 Å². The van der Waals surface area contributed by atoms with E-state index in [-0.39, 0.29) is 5.92 Å². The quantitative estimate of drug-likeness (QED) is 0.817. The van der Waals surface area contributed by atoms with Gasteiger partial charge in [0.05, 0.1) is 5.92 Å². The summed E-state index contributed by atoms with van der Waals surface area (Å²) in [4.78, 5) is 12.6. The largest absolute Gasteiger partial charge is 0.481 e. The summed E-state index contributed by atoms with van der Waals surface area (Å²) in [6.45, 7) is 1.86. The highest BCUT2D eigenvalue weighted by Crippen LogP contribution is 2.15. The van der Waals surface area contributed by atoms with Crippen molar-refractivity contribution in [2.75, 3.05) is 20.1 Å². The maximum atomic E-state index is 10.4. The summed E-state index contributed by atoms with van der Waals surface area (Å²) in [5.74, 6) is 5.50. The Kier molecular flexibility index (Phi) is 7.07. The van der Waals surface area contributed by atoms with Crippen LogP contribution in [-0.4, -0.2) is 36.1 Å². The average molecular weight is 321 g/mol. The van der Waals surface area contributed by atoms with Gasteiger partial charge in [0.1, 0.15) is 0 Å². The van der Waals surface area contributed by atoms with Crippen LogP contribution in [0.4, 0.5) is 0 Å². The average Bonchev–Trinajstić information content (AvgIpc) is 2.63. The van der Waals surface area contributed by atoms with Crippen LogP contribution in [-0.2, 0) is 4.79 Å². The standard InChI is InChI=1S/C14H10.C7H13NO2/c1-3-7-13(8-4-1)11-12-14-9-5-2-6-10-14;1-8-4-2-6(3-5-8)7(9)10/h1-10H;6H,2-5H2,1H3,(H,9,10). The molecule has 0 unspecified atom stereocenters. The van der Waals surface area contributed by atoms with Crippen molar-refractivity contribution >= 4 is 5.97 Å². The first-order chi connectivity index (χ1) is 11.6. The second kappa shape index (κ2) is 9.54. The molecule has 1 N–H and O–H groups in total. The van der Waals surface area contributed by atoms with Gasteiger partial charge in [-0.25, -0.2) is 0 Å². The van der Waals surface area contributed by atoms with Crippen LogP contribution < -0.4 is 0 Å².